The van der Waals surface area contributed by atoms with Gasteiger partial charge in [0, 0.05) is 19.0 Å². The molecule has 1 aromatic heterocycles. The summed E-state index contributed by atoms with van der Waals surface area (Å²) in [7, 11) is 0. The number of Topliss-reactive ketones (excluding diaryl/α,β-unsaturated/α-hetero) is 1. The Morgan fingerprint density at radius 3 is 2.50 bits per heavy atom. The summed E-state index contributed by atoms with van der Waals surface area (Å²) in [5.41, 5.74) is 1.30. The number of carbonyl (C=O) groups is 1. The molecule has 1 atom stereocenters. The predicted molar refractivity (Wildman–Crippen MR) is 67.2 cm³/mol. The van der Waals surface area contributed by atoms with Gasteiger partial charge in [0.25, 0.3) is 0 Å². The van der Waals surface area contributed by atoms with E-state index in [9.17, 15) is 4.79 Å². The molecule has 0 amide bonds. The molecule has 2 rings (SSSR count). The lowest BCUT2D eigenvalue weighted by molar-refractivity contribution is 0.0452. The van der Waals surface area contributed by atoms with Gasteiger partial charge in [-0.3, -0.25) is 4.79 Å². The van der Waals surface area contributed by atoms with E-state index in [2.05, 4.69) is 9.97 Å². The van der Waals surface area contributed by atoms with Gasteiger partial charge in [-0.15, -0.1) is 0 Å². The van der Waals surface area contributed by atoms with Gasteiger partial charge in [0.05, 0.1) is 5.56 Å². The third kappa shape index (κ3) is 2.78. The SMILES string of the molecule is CCOC(C(=O)c1cncnc1)c1ccccc1. The third-order valence-electron chi connectivity index (χ3n) is 2.52. The van der Waals surface area contributed by atoms with Crippen LogP contribution < -0.4 is 0 Å². The summed E-state index contributed by atoms with van der Waals surface area (Å²) in [5, 5.41) is 0. The standard InChI is InChI=1S/C14H14N2O2/c1-2-18-14(11-6-4-3-5-7-11)13(17)12-8-15-10-16-9-12/h3-10,14H,2H2,1H3. The van der Waals surface area contributed by atoms with E-state index in [1.54, 1.807) is 0 Å². The molecule has 0 aliphatic heterocycles. The highest BCUT2D eigenvalue weighted by molar-refractivity contribution is 5.99. The zero-order valence-electron chi connectivity index (χ0n) is 10.1. The number of rotatable bonds is 5. The van der Waals surface area contributed by atoms with Crippen molar-refractivity contribution in [1.82, 2.24) is 9.97 Å². The first kappa shape index (κ1) is 12.4. The fourth-order valence-electron chi connectivity index (χ4n) is 1.70. The van der Waals surface area contributed by atoms with Crippen molar-refractivity contribution in [3.63, 3.8) is 0 Å². The summed E-state index contributed by atoms with van der Waals surface area (Å²) < 4.78 is 5.54. The molecule has 4 heteroatoms. The highest BCUT2D eigenvalue weighted by Crippen LogP contribution is 2.21. The maximum Gasteiger partial charge on any atom is 0.199 e. The minimum atomic E-state index is -0.595. The smallest absolute Gasteiger partial charge is 0.199 e. The molecule has 0 radical (unpaired) electrons. The number of benzene rings is 1. The average molecular weight is 242 g/mol. The molecule has 0 spiro atoms. The quantitative estimate of drug-likeness (QED) is 0.756. The van der Waals surface area contributed by atoms with Crippen LogP contribution in [0.4, 0.5) is 0 Å². The first-order valence-electron chi connectivity index (χ1n) is 5.78. The highest BCUT2D eigenvalue weighted by atomic mass is 16.5. The Kier molecular flexibility index (Phi) is 4.15. The van der Waals surface area contributed by atoms with E-state index >= 15 is 0 Å². The Morgan fingerprint density at radius 1 is 1.22 bits per heavy atom. The molecule has 1 aromatic carbocycles. The van der Waals surface area contributed by atoms with E-state index in [4.69, 9.17) is 4.74 Å². The molecule has 2 aromatic rings. The van der Waals surface area contributed by atoms with Gasteiger partial charge in [-0.2, -0.15) is 0 Å². The normalized spacial score (nSPS) is 12.1. The van der Waals surface area contributed by atoms with Gasteiger partial charge in [-0.25, -0.2) is 9.97 Å². The fraction of sp³-hybridized carbons (Fsp3) is 0.214. The first-order valence-corrected chi connectivity index (χ1v) is 5.78. The van der Waals surface area contributed by atoms with Crippen molar-refractivity contribution < 1.29 is 9.53 Å². The van der Waals surface area contributed by atoms with Crippen LogP contribution in [-0.2, 0) is 4.74 Å². The van der Waals surface area contributed by atoms with Gasteiger partial charge >= 0.3 is 0 Å². The summed E-state index contributed by atoms with van der Waals surface area (Å²) in [6.07, 6.45) is 3.81. The molecule has 0 fully saturated rings. The van der Waals surface area contributed by atoms with E-state index in [1.807, 2.05) is 37.3 Å². The van der Waals surface area contributed by atoms with Crippen LogP contribution in [0.15, 0.2) is 49.1 Å². The van der Waals surface area contributed by atoms with Crippen LogP contribution >= 0.6 is 0 Å². The average Bonchev–Trinajstić information content (AvgIpc) is 2.46. The van der Waals surface area contributed by atoms with Gasteiger partial charge in [-0.05, 0) is 12.5 Å². The molecule has 0 N–H and O–H groups in total. The predicted octanol–water partition coefficient (Wildman–Crippen LogP) is 2.44. The Hall–Kier alpha value is -2.07. The number of hydrogen-bond donors (Lipinski definition) is 0. The van der Waals surface area contributed by atoms with Gasteiger partial charge in [0.15, 0.2) is 5.78 Å². The van der Waals surface area contributed by atoms with Crippen LogP contribution in [0, 0.1) is 0 Å². The molecule has 0 bridgehead atoms. The highest BCUT2D eigenvalue weighted by Gasteiger charge is 2.22. The molecule has 1 heterocycles. The lowest BCUT2D eigenvalue weighted by atomic mass is 10.0. The van der Waals surface area contributed by atoms with E-state index in [-0.39, 0.29) is 5.78 Å². The second-order valence-corrected chi connectivity index (χ2v) is 3.74. The third-order valence-corrected chi connectivity index (χ3v) is 2.52. The zero-order valence-corrected chi connectivity index (χ0v) is 10.1. The van der Waals surface area contributed by atoms with E-state index in [0.717, 1.165) is 5.56 Å². The molecule has 0 saturated heterocycles. The van der Waals surface area contributed by atoms with Crippen molar-refractivity contribution in [2.24, 2.45) is 0 Å². The molecule has 4 nitrogen and oxygen atoms in total. The molecular formula is C14H14N2O2. The van der Waals surface area contributed by atoms with Crippen LogP contribution in [0.2, 0.25) is 0 Å². The van der Waals surface area contributed by atoms with Gasteiger partial charge < -0.3 is 4.74 Å². The molecular weight excluding hydrogens is 228 g/mol. The number of aromatic nitrogens is 2. The largest absolute Gasteiger partial charge is 0.366 e. The summed E-state index contributed by atoms with van der Waals surface area (Å²) in [5.74, 6) is -0.122. The Labute approximate surface area is 106 Å². The number of nitrogens with zero attached hydrogens (tertiary/aromatic N) is 2. The molecule has 0 aliphatic rings. The first-order chi connectivity index (χ1) is 8.83. The Bertz CT molecular complexity index is 500. The van der Waals surface area contributed by atoms with Crippen molar-refractivity contribution in [1.29, 1.82) is 0 Å². The summed E-state index contributed by atoms with van der Waals surface area (Å²) in [4.78, 5) is 20.0. The molecule has 1 unspecified atom stereocenters. The van der Waals surface area contributed by atoms with E-state index < -0.39 is 6.10 Å². The minimum Gasteiger partial charge on any atom is -0.366 e. The van der Waals surface area contributed by atoms with Gasteiger partial charge in [0.2, 0.25) is 0 Å². The Morgan fingerprint density at radius 2 is 1.89 bits per heavy atom. The van der Waals surface area contributed by atoms with Gasteiger partial charge in [0.1, 0.15) is 12.4 Å². The van der Waals surface area contributed by atoms with Crippen LogP contribution in [0.3, 0.4) is 0 Å². The second kappa shape index (κ2) is 6.02. The number of carbonyl (C=O) groups excluding carboxylic acids is 1. The van der Waals surface area contributed by atoms with E-state index in [1.165, 1.54) is 18.7 Å². The van der Waals surface area contributed by atoms with Crippen LogP contribution in [0.1, 0.15) is 28.9 Å². The Balaban J connectivity index is 2.29. The molecule has 0 aliphatic carbocycles. The van der Waals surface area contributed by atoms with E-state index in [0.29, 0.717) is 12.2 Å². The van der Waals surface area contributed by atoms with Gasteiger partial charge in [-0.1, -0.05) is 30.3 Å². The maximum atomic E-state index is 12.3. The van der Waals surface area contributed by atoms with Crippen LogP contribution in [0.5, 0.6) is 0 Å². The molecule has 92 valence electrons. The molecule has 0 saturated carbocycles. The minimum absolute atomic E-state index is 0.122. The summed E-state index contributed by atoms with van der Waals surface area (Å²) >= 11 is 0. The van der Waals surface area contributed by atoms with Crippen molar-refractivity contribution >= 4 is 5.78 Å². The number of hydrogen-bond acceptors (Lipinski definition) is 4. The summed E-state index contributed by atoms with van der Waals surface area (Å²) in [6.45, 7) is 2.34. The second-order valence-electron chi connectivity index (χ2n) is 3.74. The monoisotopic (exact) mass is 242 g/mol. The lowest BCUT2D eigenvalue weighted by Gasteiger charge is -2.15. The lowest BCUT2D eigenvalue weighted by Crippen LogP contribution is -2.16. The van der Waals surface area contributed by atoms with Crippen molar-refractivity contribution in [3.05, 3.63) is 60.2 Å². The van der Waals surface area contributed by atoms with Crippen molar-refractivity contribution in [2.45, 2.75) is 13.0 Å². The van der Waals surface area contributed by atoms with Crippen LogP contribution in [-0.4, -0.2) is 22.4 Å². The molecule has 18 heavy (non-hydrogen) atoms. The fourth-order valence-corrected chi connectivity index (χ4v) is 1.70. The number of ether oxygens (including phenoxy) is 1. The number of ketones is 1. The topological polar surface area (TPSA) is 52.1 Å². The summed E-state index contributed by atoms with van der Waals surface area (Å²) in [6, 6.07) is 9.43. The van der Waals surface area contributed by atoms with Crippen molar-refractivity contribution in [3.8, 4) is 0 Å². The van der Waals surface area contributed by atoms with Crippen LogP contribution in [0.25, 0.3) is 0 Å². The maximum absolute atomic E-state index is 12.3. The van der Waals surface area contributed by atoms with Crippen molar-refractivity contribution in [2.75, 3.05) is 6.61 Å². The zero-order chi connectivity index (χ0) is 12.8.